The van der Waals surface area contributed by atoms with Crippen LogP contribution >= 0.6 is 0 Å². The minimum atomic E-state index is -0.0195. The third-order valence-electron chi connectivity index (χ3n) is 4.35. The Kier molecular flexibility index (Phi) is 4.45. The van der Waals surface area contributed by atoms with Gasteiger partial charge in [0.1, 0.15) is 5.69 Å². The van der Waals surface area contributed by atoms with Crippen LogP contribution in [0, 0.1) is 0 Å². The van der Waals surface area contributed by atoms with E-state index in [0.29, 0.717) is 18.8 Å². The summed E-state index contributed by atoms with van der Waals surface area (Å²) in [7, 11) is 6.04. The molecule has 1 aromatic rings. The average molecular weight is 279 g/mol. The first kappa shape index (κ1) is 15.0. The minimum Gasteiger partial charge on any atom is -0.338 e. The molecule has 2 rings (SSSR count). The molecule has 1 aromatic heterocycles. The average Bonchev–Trinajstić information content (AvgIpc) is 2.81. The second-order valence-corrected chi connectivity index (χ2v) is 5.92. The fourth-order valence-electron chi connectivity index (χ4n) is 2.78. The third kappa shape index (κ3) is 2.86. The number of imidazole rings is 1. The van der Waals surface area contributed by atoms with E-state index < -0.39 is 0 Å². The second-order valence-electron chi connectivity index (χ2n) is 5.92. The van der Waals surface area contributed by atoms with Crippen molar-refractivity contribution in [3.05, 3.63) is 18.2 Å². The van der Waals surface area contributed by atoms with E-state index in [-0.39, 0.29) is 11.4 Å². The third-order valence-corrected chi connectivity index (χ3v) is 4.35. The Morgan fingerprint density at radius 3 is 2.65 bits per heavy atom. The van der Waals surface area contributed by atoms with Crippen LogP contribution in [-0.2, 0) is 6.54 Å². The maximum Gasteiger partial charge on any atom is 0.273 e. The van der Waals surface area contributed by atoms with Gasteiger partial charge in [-0.2, -0.15) is 0 Å². The number of hydrogen-bond acceptors (Lipinski definition) is 4. The van der Waals surface area contributed by atoms with Crippen LogP contribution in [0.25, 0.3) is 0 Å². The van der Waals surface area contributed by atoms with Crippen LogP contribution in [0.15, 0.2) is 12.5 Å². The zero-order chi connectivity index (χ0) is 14.8. The van der Waals surface area contributed by atoms with Gasteiger partial charge in [0.05, 0.1) is 6.33 Å². The van der Waals surface area contributed by atoms with Gasteiger partial charge < -0.3 is 20.1 Å². The first-order valence-corrected chi connectivity index (χ1v) is 7.13. The number of amides is 1. The first-order chi connectivity index (χ1) is 9.48. The standard InChI is InChI=1S/C14H25N5O/c1-17(2)14(5-4-6-14)10-18(3)13(20)12-9-19(8-7-15)11-16-12/h9,11H,4-8,10,15H2,1-3H3. The van der Waals surface area contributed by atoms with Crippen molar-refractivity contribution in [3.63, 3.8) is 0 Å². The van der Waals surface area contributed by atoms with Crippen LogP contribution < -0.4 is 5.73 Å². The largest absolute Gasteiger partial charge is 0.338 e. The molecule has 0 atom stereocenters. The van der Waals surface area contributed by atoms with Gasteiger partial charge in [0.2, 0.25) is 0 Å². The molecule has 1 heterocycles. The van der Waals surface area contributed by atoms with Crippen molar-refractivity contribution in [1.29, 1.82) is 0 Å². The van der Waals surface area contributed by atoms with Gasteiger partial charge in [-0.15, -0.1) is 0 Å². The summed E-state index contributed by atoms with van der Waals surface area (Å²) in [5.41, 5.74) is 6.14. The summed E-state index contributed by atoms with van der Waals surface area (Å²) in [6.07, 6.45) is 6.98. The molecular weight excluding hydrogens is 254 g/mol. The molecule has 0 spiro atoms. The smallest absolute Gasteiger partial charge is 0.273 e. The van der Waals surface area contributed by atoms with Crippen LogP contribution in [0.1, 0.15) is 29.8 Å². The van der Waals surface area contributed by atoms with Gasteiger partial charge in [-0.05, 0) is 33.4 Å². The van der Waals surface area contributed by atoms with Gasteiger partial charge in [0.15, 0.2) is 0 Å². The maximum absolute atomic E-state index is 12.4. The number of nitrogens with zero attached hydrogens (tertiary/aromatic N) is 4. The lowest BCUT2D eigenvalue weighted by Gasteiger charge is -2.49. The minimum absolute atomic E-state index is 0.0195. The molecule has 6 heteroatoms. The van der Waals surface area contributed by atoms with E-state index in [0.717, 1.165) is 19.4 Å². The number of rotatable bonds is 6. The van der Waals surface area contributed by atoms with Crippen LogP contribution in [0.2, 0.25) is 0 Å². The van der Waals surface area contributed by atoms with Crippen LogP contribution in [0.3, 0.4) is 0 Å². The molecule has 1 amide bonds. The van der Waals surface area contributed by atoms with Crippen LogP contribution in [0.4, 0.5) is 0 Å². The quantitative estimate of drug-likeness (QED) is 0.818. The highest BCUT2D eigenvalue weighted by Gasteiger charge is 2.40. The van der Waals surface area contributed by atoms with Gasteiger partial charge in [-0.1, -0.05) is 0 Å². The molecule has 0 saturated heterocycles. The van der Waals surface area contributed by atoms with Crippen LogP contribution in [0.5, 0.6) is 0 Å². The summed E-state index contributed by atoms with van der Waals surface area (Å²) >= 11 is 0. The molecule has 2 N–H and O–H groups in total. The zero-order valence-electron chi connectivity index (χ0n) is 12.7. The summed E-state index contributed by atoms with van der Waals surface area (Å²) in [5.74, 6) is -0.0195. The highest BCUT2D eigenvalue weighted by atomic mass is 16.2. The molecule has 112 valence electrons. The van der Waals surface area contributed by atoms with Crippen molar-refractivity contribution in [3.8, 4) is 0 Å². The molecule has 0 unspecified atom stereocenters. The number of nitrogens with two attached hydrogens (primary N) is 1. The Bertz CT molecular complexity index is 464. The molecule has 1 saturated carbocycles. The monoisotopic (exact) mass is 279 g/mol. The van der Waals surface area contributed by atoms with E-state index in [9.17, 15) is 4.79 Å². The van der Waals surface area contributed by atoms with E-state index in [4.69, 9.17) is 5.73 Å². The summed E-state index contributed by atoms with van der Waals surface area (Å²) in [5, 5.41) is 0. The van der Waals surface area contributed by atoms with E-state index in [1.165, 1.54) is 6.42 Å². The van der Waals surface area contributed by atoms with E-state index >= 15 is 0 Å². The predicted octanol–water partition coefficient (Wildman–Crippen LogP) is 0.398. The highest BCUT2D eigenvalue weighted by Crippen LogP contribution is 2.36. The zero-order valence-corrected chi connectivity index (χ0v) is 12.7. The van der Waals surface area contributed by atoms with E-state index in [1.807, 2.05) is 11.6 Å². The van der Waals surface area contributed by atoms with Gasteiger partial charge in [0, 0.05) is 38.4 Å². The lowest BCUT2D eigenvalue weighted by atomic mass is 9.75. The molecule has 1 aliphatic carbocycles. The topological polar surface area (TPSA) is 67.4 Å². The molecule has 1 aliphatic rings. The number of likely N-dealkylation sites (N-methyl/N-ethyl adjacent to an activating group) is 2. The lowest BCUT2D eigenvalue weighted by molar-refractivity contribution is 0.0250. The molecule has 0 aliphatic heterocycles. The first-order valence-electron chi connectivity index (χ1n) is 7.13. The van der Waals surface area contributed by atoms with Gasteiger partial charge in [-0.3, -0.25) is 4.79 Å². The van der Waals surface area contributed by atoms with Gasteiger partial charge in [0.25, 0.3) is 5.91 Å². The fraction of sp³-hybridized carbons (Fsp3) is 0.714. The summed E-state index contributed by atoms with van der Waals surface area (Å²) in [4.78, 5) is 20.6. The van der Waals surface area contributed by atoms with Crippen molar-refractivity contribution < 1.29 is 4.79 Å². The summed E-state index contributed by atoms with van der Waals surface area (Å²) in [6, 6.07) is 0. The second kappa shape index (κ2) is 5.93. The Morgan fingerprint density at radius 1 is 1.45 bits per heavy atom. The molecule has 6 nitrogen and oxygen atoms in total. The number of aromatic nitrogens is 2. The van der Waals surface area contributed by atoms with Gasteiger partial charge >= 0.3 is 0 Å². The number of hydrogen-bond donors (Lipinski definition) is 1. The van der Waals surface area contributed by atoms with Crippen molar-refractivity contribution >= 4 is 5.91 Å². The highest BCUT2D eigenvalue weighted by molar-refractivity contribution is 5.92. The van der Waals surface area contributed by atoms with Crippen molar-refractivity contribution in [1.82, 2.24) is 19.4 Å². The molecule has 20 heavy (non-hydrogen) atoms. The molecule has 0 radical (unpaired) electrons. The Balaban J connectivity index is 2.00. The normalized spacial score (nSPS) is 17.1. The Hall–Kier alpha value is -1.40. The van der Waals surface area contributed by atoms with E-state index in [1.54, 1.807) is 17.4 Å². The maximum atomic E-state index is 12.4. The summed E-state index contributed by atoms with van der Waals surface area (Å²) in [6.45, 7) is 1.98. The Labute approximate surface area is 120 Å². The number of carbonyl (C=O) groups is 1. The fourth-order valence-corrected chi connectivity index (χ4v) is 2.78. The molecule has 1 fully saturated rings. The number of carbonyl (C=O) groups excluding carboxylic acids is 1. The summed E-state index contributed by atoms with van der Waals surface area (Å²) < 4.78 is 1.85. The van der Waals surface area contributed by atoms with Gasteiger partial charge in [-0.25, -0.2) is 4.98 Å². The van der Waals surface area contributed by atoms with E-state index in [2.05, 4.69) is 24.0 Å². The van der Waals surface area contributed by atoms with Crippen molar-refractivity contribution in [2.75, 3.05) is 34.2 Å². The molecular formula is C14H25N5O. The van der Waals surface area contributed by atoms with Crippen LogP contribution in [-0.4, -0.2) is 65.0 Å². The predicted molar refractivity (Wildman–Crippen MR) is 78.5 cm³/mol. The SMILES string of the molecule is CN(CC1(N(C)C)CCC1)C(=O)c1cn(CCN)cn1. The molecule has 0 aromatic carbocycles. The Morgan fingerprint density at radius 2 is 2.15 bits per heavy atom. The van der Waals surface area contributed by atoms with Crippen molar-refractivity contribution in [2.45, 2.75) is 31.3 Å². The molecule has 0 bridgehead atoms. The lowest BCUT2D eigenvalue weighted by Crippen LogP contribution is -2.57. The van der Waals surface area contributed by atoms with Crippen molar-refractivity contribution in [2.24, 2.45) is 5.73 Å².